The summed E-state index contributed by atoms with van der Waals surface area (Å²) in [5.41, 5.74) is 0.760. The highest BCUT2D eigenvalue weighted by atomic mass is 79.9. The first-order valence-corrected chi connectivity index (χ1v) is 3.99. The first-order chi connectivity index (χ1) is 5.24. The summed E-state index contributed by atoms with van der Waals surface area (Å²) in [4.78, 5) is 0. The van der Waals surface area contributed by atoms with Crippen LogP contribution >= 0.6 is 15.9 Å². The lowest BCUT2D eigenvalue weighted by Gasteiger charge is -2.02. The molecule has 4 heteroatoms. The van der Waals surface area contributed by atoms with E-state index in [9.17, 15) is 5.02 Å². The second-order valence-electron chi connectivity index (χ2n) is 2.14. The van der Waals surface area contributed by atoms with Gasteiger partial charge < -0.3 is 9.68 Å². The number of benzene rings is 1. The van der Waals surface area contributed by atoms with Crippen LogP contribution in [0.4, 0.5) is 0 Å². The van der Waals surface area contributed by atoms with Crippen LogP contribution in [0.25, 0.3) is 0 Å². The van der Waals surface area contributed by atoms with Crippen LogP contribution in [-0.2, 0) is 4.65 Å². The van der Waals surface area contributed by atoms with Crippen molar-refractivity contribution in [2.75, 3.05) is 7.11 Å². The van der Waals surface area contributed by atoms with E-state index in [1.807, 2.05) is 12.1 Å². The zero-order valence-electron chi connectivity index (χ0n) is 6.12. The molecule has 1 N–H and O–H groups in total. The van der Waals surface area contributed by atoms with Gasteiger partial charge in [0.05, 0.1) is 0 Å². The Hall–Kier alpha value is -0.315. The van der Waals surface area contributed by atoms with Crippen LogP contribution in [0.3, 0.4) is 0 Å². The predicted octanol–water partition coefficient (Wildman–Crippen LogP) is 0.783. The molecule has 0 bridgehead atoms. The number of rotatable bonds is 2. The summed E-state index contributed by atoms with van der Waals surface area (Å²) in [7, 11) is 0.648. The van der Waals surface area contributed by atoms with Gasteiger partial charge in [-0.1, -0.05) is 28.1 Å². The highest BCUT2D eigenvalue weighted by Gasteiger charge is 2.12. The molecule has 0 unspecified atom stereocenters. The summed E-state index contributed by atoms with van der Waals surface area (Å²) in [5.74, 6) is 0. The molecule has 1 aromatic rings. The lowest BCUT2D eigenvalue weighted by Crippen LogP contribution is -2.31. The Bertz CT molecular complexity index is 224. The number of hydrogen-bond acceptors (Lipinski definition) is 2. The first-order valence-electron chi connectivity index (χ1n) is 3.20. The summed E-state index contributed by atoms with van der Waals surface area (Å²) < 4.78 is 5.71. The highest BCUT2D eigenvalue weighted by Crippen LogP contribution is 2.05. The molecular formula is C7H8BBrO2. The molecule has 0 spiro atoms. The highest BCUT2D eigenvalue weighted by molar-refractivity contribution is 9.10. The van der Waals surface area contributed by atoms with Gasteiger partial charge >= 0.3 is 7.12 Å². The summed E-state index contributed by atoms with van der Waals surface area (Å²) >= 11 is 3.29. The lowest BCUT2D eigenvalue weighted by atomic mass is 9.80. The summed E-state index contributed by atoms with van der Waals surface area (Å²) in [6, 6.07) is 7.33. The third kappa shape index (κ3) is 2.32. The normalized spacial score (nSPS) is 9.73. The van der Waals surface area contributed by atoms with E-state index in [1.165, 1.54) is 7.11 Å². The summed E-state index contributed by atoms with van der Waals surface area (Å²) in [5, 5.41) is 9.18. The quantitative estimate of drug-likeness (QED) is 0.738. The Morgan fingerprint density at radius 3 is 2.36 bits per heavy atom. The molecule has 0 heterocycles. The van der Waals surface area contributed by atoms with Crippen molar-refractivity contribution >= 4 is 28.5 Å². The van der Waals surface area contributed by atoms with Crippen LogP contribution < -0.4 is 5.46 Å². The van der Waals surface area contributed by atoms with E-state index in [2.05, 4.69) is 15.9 Å². The Balaban J connectivity index is 2.81. The summed E-state index contributed by atoms with van der Waals surface area (Å²) in [6.07, 6.45) is 0. The maximum absolute atomic E-state index is 9.18. The molecule has 0 aliphatic carbocycles. The molecule has 0 aliphatic heterocycles. The fraction of sp³-hybridized carbons (Fsp3) is 0.143. The van der Waals surface area contributed by atoms with Crippen molar-refractivity contribution in [1.82, 2.24) is 0 Å². The SMILES string of the molecule is COB(O)c1ccc(Br)cc1. The molecule has 0 atom stereocenters. The molecule has 0 aliphatic rings. The van der Waals surface area contributed by atoms with E-state index in [0.29, 0.717) is 0 Å². The van der Waals surface area contributed by atoms with Crippen LogP contribution in [0.1, 0.15) is 0 Å². The maximum Gasteiger partial charge on any atom is 0.490 e. The van der Waals surface area contributed by atoms with Crippen LogP contribution in [0.2, 0.25) is 0 Å². The van der Waals surface area contributed by atoms with E-state index >= 15 is 0 Å². The van der Waals surface area contributed by atoms with Gasteiger partial charge in [-0.25, -0.2) is 0 Å². The van der Waals surface area contributed by atoms with E-state index < -0.39 is 7.12 Å². The van der Waals surface area contributed by atoms with E-state index in [-0.39, 0.29) is 0 Å². The topological polar surface area (TPSA) is 29.5 Å². The zero-order valence-corrected chi connectivity index (χ0v) is 7.71. The Morgan fingerprint density at radius 2 is 1.91 bits per heavy atom. The van der Waals surface area contributed by atoms with Crippen molar-refractivity contribution in [3.63, 3.8) is 0 Å². The minimum Gasteiger partial charge on any atom is -0.423 e. The van der Waals surface area contributed by atoms with Crippen molar-refractivity contribution in [2.45, 2.75) is 0 Å². The van der Waals surface area contributed by atoms with Crippen molar-refractivity contribution in [2.24, 2.45) is 0 Å². The van der Waals surface area contributed by atoms with Gasteiger partial charge in [0.1, 0.15) is 0 Å². The largest absolute Gasteiger partial charge is 0.490 e. The second-order valence-corrected chi connectivity index (χ2v) is 3.06. The van der Waals surface area contributed by atoms with Crippen molar-refractivity contribution < 1.29 is 9.68 Å². The van der Waals surface area contributed by atoms with Gasteiger partial charge in [0.25, 0.3) is 0 Å². The molecule has 0 saturated carbocycles. The molecule has 0 radical (unpaired) electrons. The van der Waals surface area contributed by atoms with Gasteiger partial charge in [-0.15, -0.1) is 0 Å². The molecule has 1 rings (SSSR count). The standard InChI is InChI=1S/C7H8BBrO2/c1-11-8(10)6-2-4-7(9)5-3-6/h2-5,10H,1H3. The van der Waals surface area contributed by atoms with E-state index in [0.717, 1.165) is 9.94 Å². The molecule has 11 heavy (non-hydrogen) atoms. The van der Waals surface area contributed by atoms with Crippen LogP contribution in [0.5, 0.6) is 0 Å². The molecule has 0 amide bonds. The average molecular weight is 215 g/mol. The third-order valence-electron chi connectivity index (χ3n) is 1.38. The van der Waals surface area contributed by atoms with Gasteiger partial charge in [-0.2, -0.15) is 0 Å². The lowest BCUT2D eigenvalue weighted by molar-refractivity contribution is 0.341. The van der Waals surface area contributed by atoms with E-state index in [4.69, 9.17) is 4.65 Å². The zero-order chi connectivity index (χ0) is 8.27. The van der Waals surface area contributed by atoms with Crippen LogP contribution in [-0.4, -0.2) is 19.3 Å². The molecule has 0 fully saturated rings. The minimum absolute atomic E-state index is 0.760. The van der Waals surface area contributed by atoms with Gasteiger partial charge in [0.15, 0.2) is 0 Å². The molecule has 58 valence electrons. The van der Waals surface area contributed by atoms with Gasteiger partial charge in [0.2, 0.25) is 0 Å². The molecule has 0 saturated heterocycles. The number of hydrogen-bond donors (Lipinski definition) is 1. The Labute approximate surface area is 74.5 Å². The van der Waals surface area contributed by atoms with Gasteiger partial charge in [-0.3, -0.25) is 0 Å². The first kappa shape index (κ1) is 8.78. The van der Waals surface area contributed by atoms with Crippen molar-refractivity contribution in [3.05, 3.63) is 28.7 Å². The van der Waals surface area contributed by atoms with Crippen LogP contribution in [0.15, 0.2) is 28.7 Å². The molecular weight excluding hydrogens is 207 g/mol. The van der Waals surface area contributed by atoms with Crippen molar-refractivity contribution in [1.29, 1.82) is 0 Å². The minimum atomic E-state index is -0.817. The molecule has 1 aromatic carbocycles. The predicted molar refractivity (Wildman–Crippen MR) is 48.8 cm³/mol. The smallest absolute Gasteiger partial charge is 0.423 e. The molecule has 2 nitrogen and oxygen atoms in total. The van der Waals surface area contributed by atoms with Gasteiger partial charge in [-0.05, 0) is 17.6 Å². The van der Waals surface area contributed by atoms with Crippen molar-refractivity contribution in [3.8, 4) is 0 Å². The molecule has 0 aromatic heterocycles. The monoisotopic (exact) mass is 214 g/mol. The fourth-order valence-electron chi connectivity index (χ4n) is 0.763. The van der Waals surface area contributed by atoms with Gasteiger partial charge in [0, 0.05) is 11.6 Å². The fourth-order valence-corrected chi connectivity index (χ4v) is 1.03. The maximum atomic E-state index is 9.18. The summed E-state index contributed by atoms with van der Waals surface area (Å²) in [6.45, 7) is 0. The van der Waals surface area contributed by atoms with E-state index in [1.54, 1.807) is 12.1 Å². The second kappa shape index (κ2) is 3.90. The average Bonchev–Trinajstić information content (AvgIpc) is 2.05. The van der Waals surface area contributed by atoms with Crippen LogP contribution in [0, 0.1) is 0 Å². The third-order valence-corrected chi connectivity index (χ3v) is 1.91. The Morgan fingerprint density at radius 1 is 1.36 bits per heavy atom. The Kier molecular flexibility index (Phi) is 3.11. The number of halogens is 1.